The molecule has 0 bridgehead atoms. The van der Waals surface area contributed by atoms with E-state index < -0.39 is 5.97 Å². The van der Waals surface area contributed by atoms with Crippen molar-refractivity contribution in [3.05, 3.63) is 0 Å². The van der Waals surface area contributed by atoms with E-state index >= 15 is 0 Å². The molecule has 5 heteroatoms. The minimum absolute atomic E-state index is 0.120. The maximum atomic E-state index is 11.8. The molecule has 0 aromatic carbocycles. The number of amides is 2. The molecule has 1 fully saturated rings. The summed E-state index contributed by atoms with van der Waals surface area (Å²) >= 11 is 0. The molecule has 1 rings (SSSR count). The number of hydrogen-bond donors (Lipinski definition) is 2. The molecule has 0 aromatic heterocycles. The lowest BCUT2D eigenvalue weighted by Crippen LogP contribution is -2.48. The lowest BCUT2D eigenvalue weighted by molar-refractivity contribution is -0.141. The number of nitrogens with zero attached hydrogens (tertiary/aromatic N) is 1. The summed E-state index contributed by atoms with van der Waals surface area (Å²) in [5, 5.41) is 11.7. The largest absolute Gasteiger partial charge is 0.481 e. The molecule has 18 heavy (non-hydrogen) atoms. The zero-order chi connectivity index (χ0) is 13.6. The molecular weight excluding hydrogens is 232 g/mol. The Morgan fingerprint density at radius 2 is 2.17 bits per heavy atom. The van der Waals surface area contributed by atoms with Crippen LogP contribution in [-0.2, 0) is 4.79 Å². The second kappa shape index (κ2) is 6.29. The van der Waals surface area contributed by atoms with Crippen LogP contribution in [0.5, 0.6) is 0 Å². The summed E-state index contributed by atoms with van der Waals surface area (Å²) in [6, 6.07) is -0.216. The van der Waals surface area contributed by atoms with E-state index in [9.17, 15) is 9.59 Å². The van der Waals surface area contributed by atoms with Crippen molar-refractivity contribution in [1.82, 2.24) is 10.2 Å². The molecular formula is C13H20N2O3. The molecule has 1 aliphatic carbocycles. The zero-order valence-corrected chi connectivity index (χ0v) is 10.7. The third-order valence-electron chi connectivity index (χ3n) is 3.51. The van der Waals surface area contributed by atoms with E-state index in [4.69, 9.17) is 11.5 Å². The molecule has 5 nitrogen and oxygen atoms in total. The Balaban J connectivity index is 2.45. The summed E-state index contributed by atoms with van der Waals surface area (Å²) in [7, 11) is 0. The van der Waals surface area contributed by atoms with Crippen LogP contribution < -0.4 is 5.32 Å². The van der Waals surface area contributed by atoms with Crippen molar-refractivity contribution >= 4 is 12.0 Å². The molecule has 0 aliphatic heterocycles. The van der Waals surface area contributed by atoms with Gasteiger partial charge in [-0.1, -0.05) is 12.3 Å². The van der Waals surface area contributed by atoms with Crippen molar-refractivity contribution in [1.29, 1.82) is 0 Å². The highest BCUT2D eigenvalue weighted by atomic mass is 16.4. The maximum Gasteiger partial charge on any atom is 0.318 e. The third kappa shape index (κ3) is 3.66. The molecule has 1 saturated carbocycles. The Bertz CT molecular complexity index is 356. The molecule has 100 valence electrons. The minimum Gasteiger partial charge on any atom is -0.481 e. The minimum atomic E-state index is -0.806. The number of rotatable bonds is 6. The summed E-state index contributed by atoms with van der Waals surface area (Å²) in [6.45, 7) is 3.09. The SMILES string of the molecule is C#CCN(CC)C(=O)NCC1(CC(=O)O)CCC1. The van der Waals surface area contributed by atoms with Crippen LogP contribution in [0.4, 0.5) is 4.79 Å². The molecule has 0 atom stereocenters. The van der Waals surface area contributed by atoms with Crippen molar-refractivity contribution in [2.75, 3.05) is 19.6 Å². The number of carbonyl (C=O) groups excluding carboxylic acids is 1. The summed E-state index contributed by atoms with van der Waals surface area (Å²) in [5.41, 5.74) is -0.253. The van der Waals surface area contributed by atoms with Gasteiger partial charge in [-0.05, 0) is 25.2 Å². The number of carboxylic acid groups (broad SMARTS) is 1. The first-order chi connectivity index (χ1) is 8.53. The zero-order valence-electron chi connectivity index (χ0n) is 10.7. The van der Waals surface area contributed by atoms with Crippen molar-refractivity contribution in [2.24, 2.45) is 5.41 Å². The van der Waals surface area contributed by atoms with Gasteiger partial charge in [0.05, 0.1) is 13.0 Å². The fraction of sp³-hybridized carbons (Fsp3) is 0.692. The Hall–Kier alpha value is -1.70. The van der Waals surface area contributed by atoms with Gasteiger partial charge in [0, 0.05) is 13.1 Å². The van der Waals surface area contributed by atoms with Crippen molar-refractivity contribution in [3.63, 3.8) is 0 Å². The molecule has 0 unspecified atom stereocenters. The fourth-order valence-electron chi connectivity index (χ4n) is 2.23. The van der Waals surface area contributed by atoms with E-state index in [0.717, 1.165) is 19.3 Å². The Labute approximate surface area is 108 Å². The quantitative estimate of drug-likeness (QED) is 0.700. The van der Waals surface area contributed by atoms with Crippen LogP contribution in [0.15, 0.2) is 0 Å². The number of carboxylic acids is 1. The molecule has 2 N–H and O–H groups in total. The smallest absolute Gasteiger partial charge is 0.318 e. The lowest BCUT2D eigenvalue weighted by Gasteiger charge is -2.41. The van der Waals surface area contributed by atoms with E-state index in [0.29, 0.717) is 13.1 Å². The van der Waals surface area contributed by atoms with Gasteiger partial charge in [0.15, 0.2) is 0 Å². The Morgan fingerprint density at radius 1 is 1.50 bits per heavy atom. The van der Waals surface area contributed by atoms with E-state index in [1.807, 2.05) is 6.92 Å². The molecule has 0 aromatic rings. The fourth-order valence-corrected chi connectivity index (χ4v) is 2.23. The van der Waals surface area contributed by atoms with Crippen LogP contribution in [0.2, 0.25) is 0 Å². The number of aliphatic carboxylic acids is 1. The van der Waals surface area contributed by atoms with E-state index in [-0.39, 0.29) is 24.4 Å². The first-order valence-corrected chi connectivity index (χ1v) is 6.21. The molecule has 1 aliphatic rings. The van der Waals surface area contributed by atoms with Gasteiger partial charge in [-0.25, -0.2) is 4.79 Å². The molecule has 0 heterocycles. The molecule has 2 amide bonds. The second-order valence-electron chi connectivity index (χ2n) is 4.80. The van der Waals surface area contributed by atoms with Crippen molar-refractivity contribution < 1.29 is 14.7 Å². The number of carbonyl (C=O) groups is 2. The summed E-state index contributed by atoms with van der Waals surface area (Å²) in [5.74, 6) is 1.62. The van der Waals surface area contributed by atoms with Gasteiger partial charge in [0.2, 0.25) is 0 Å². The van der Waals surface area contributed by atoms with Gasteiger partial charge in [-0.15, -0.1) is 6.42 Å². The van der Waals surface area contributed by atoms with Gasteiger partial charge in [-0.3, -0.25) is 4.79 Å². The second-order valence-corrected chi connectivity index (χ2v) is 4.80. The van der Waals surface area contributed by atoms with Gasteiger partial charge < -0.3 is 15.3 Å². The normalized spacial score (nSPS) is 16.2. The summed E-state index contributed by atoms with van der Waals surface area (Å²) in [4.78, 5) is 24.1. The number of nitrogens with one attached hydrogen (secondary N) is 1. The number of hydrogen-bond acceptors (Lipinski definition) is 2. The van der Waals surface area contributed by atoms with Crippen LogP contribution in [0.25, 0.3) is 0 Å². The van der Waals surface area contributed by atoms with Gasteiger partial charge in [0.25, 0.3) is 0 Å². The van der Waals surface area contributed by atoms with Crippen LogP contribution in [0, 0.1) is 17.8 Å². The van der Waals surface area contributed by atoms with E-state index in [1.54, 1.807) is 0 Å². The standard InChI is InChI=1S/C13H20N2O3/c1-3-8-15(4-2)12(18)14-10-13(6-5-7-13)9-11(16)17/h1H,4-10H2,2H3,(H,14,18)(H,16,17). The van der Waals surface area contributed by atoms with Crippen LogP contribution >= 0.6 is 0 Å². The highest BCUT2D eigenvalue weighted by Gasteiger charge is 2.39. The van der Waals surface area contributed by atoms with Gasteiger partial charge in [0.1, 0.15) is 0 Å². The highest BCUT2D eigenvalue weighted by Crippen LogP contribution is 2.43. The van der Waals surface area contributed by atoms with Gasteiger partial charge >= 0.3 is 12.0 Å². The summed E-state index contributed by atoms with van der Waals surface area (Å²) in [6.07, 6.45) is 8.05. The first-order valence-electron chi connectivity index (χ1n) is 6.21. The van der Waals surface area contributed by atoms with Gasteiger partial charge in [-0.2, -0.15) is 0 Å². The monoisotopic (exact) mass is 252 g/mol. The average molecular weight is 252 g/mol. The molecule has 0 spiro atoms. The summed E-state index contributed by atoms with van der Waals surface area (Å²) < 4.78 is 0. The van der Waals surface area contributed by atoms with E-state index in [1.165, 1.54) is 4.90 Å². The Morgan fingerprint density at radius 3 is 2.56 bits per heavy atom. The molecule has 0 radical (unpaired) electrons. The lowest BCUT2D eigenvalue weighted by atomic mass is 9.66. The first kappa shape index (κ1) is 14.4. The van der Waals surface area contributed by atoms with E-state index in [2.05, 4.69) is 11.2 Å². The predicted octanol–water partition coefficient (Wildman–Crippen LogP) is 1.30. The van der Waals surface area contributed by atoms with Crippen molar-refractivity contribution in [2.45, 2.75) is 32.6 Å². The topological polar surface area (TPSA) is 69.6 Å². The average Bonchev–Trinajstić information content (AvgIpc) is 2.28. The van der Waals surface area contributed by atoms with Crippen LogP contribution in [-0.4, -0.2) is 41.6 Å². The highest BCUT2D eigenvalue weighted by molar-refractivity contribution is 5.74. The van der Waals surface area contributed by atoms with Crippen LogP contribution in [0.3, 0.4) is 0 Å². The predicted molar refractivity (Wildman–Crippen MR) is 68.0 cm³/mol. The van der Waals surface area contributed by atoms with Crippen molar-refractivity contribution in [3.8, 4) is 12.3 Å². The van der Waals surface area contributed by atoms with Crippen LogP contribution in [0.1, 0.15) is 32.6 Å². The number of urea groups is 1. The number of terminal acetylenes is 1. The third-order valence-corrected chi connectivity index (χ3v) is 3.51. The maximum absolute atomic E-state index is 11.8. The molecule has 0 saturated heterocycles. The Kier molecular flexibility index (Phi) is 5.02.